The lowest BCUT2D eigenvalue weighted by atomic mass is 9.92. The van der Waals surface area contributed by atoms with Gasteiger partial charge in [0.05, 0.1) is 0 Å². The van der Waals surface area contributed by atoms with Crippen LogP contribution in [0.3, 0.4) is 0 Å². The molecule has 0 aromatic rings. The Bertz CT molecular complexity index is 167. The second-order valence-electron chi connectivity index (χ2n) is 5.84. The zero-order valence-corrected chi connectivity index (χ0v) is 12.1. The molecular formula is C13H31N3. The third kappa shape index (κ3) is 9.13. The van der Waals surface area contributed by atoms with Gasteiger partial charge in [0.2, 0.25) is 0 Å². The van der Waals surface area contributed by atoms with Crippen LogP contribution in [0.15, 0.2) is 0 Å². The predicted octanol–water partition coefficient (Wildman–Crippen LogP) is 1.51. The van der Waals surface area contributed by atoms with Gasteiger partial charge in [-0.3, -0.25) is 0 Å². The van der Waals surface area contributed by atoms with E-state index in [2.05, 4.69) is 57.0 Å². The van der Waals surface area contributed by atoms with Crippen LogP contribution in [-0.2, 0) is 0 Å². The van der Waals surface area contributed by atoms with Crippen LogP contribution in [0.25, 0.3) is 0 Å². The summed E-state index contributed by atoms with van der Waals surface area (Å²) in [6, 6.07) is 0. The van der Waals surface area contributed by atoms with Gasteiger partial charge in [-0.2, -0.15) is 0 Å². The number of hydrogen-bond donors (Lipinski definition) is 1. The van der Waals surface area contributed by atoms with E-state index in [-0.39, 0.29) is 0 Å². The zero-order valence-electron chi connectivity index (χ0n) is 12.1. The summed E-state index contributed by atoms with van der Waals surface area (Å²) in [5, 5.41) is 3.43. The van der Waals surface area contributed by atoms with Gasteiger partial charge in [0.1, 0.15) is 0 Å². The van der Waals surface area contributed by atoms with Gasteiger partial charge in [0.25, 0.3) is 0 Å². The minimum atomic E-state index is 0.364. The van der Waals surface area contributed by atoms with Gasteiger partial charge < -0.3 is 15.1 Å². The maximum absolute atomic E-state index is 3.43. The second kappa shape index (κ2) is 8.04. The van der Waals surface area contributed by atoms with Crippen molar-refractivity contribution in [3.63, 3.8) is 0 Å². The molecule has 0 amide bonds. The van der Waals surface area contributed by atoms with Gasteiger partial charge in [-0.05, 0) is 52.6 Å². The van der Waals surface area contributed by atoms with E-state index < -0.39 is 0 Å². The first kappa shape index (κ1) is 15.9. The van der Waals surface area contributed by atoms with E-state index in [4.69, 9.17) is 0 Å². The quantitative estimate of drug-likeness (QED) is 0.646. The largest absolute Gasteiger partial charge is 0.316 e. The summed E-state index contributed by atoms with van der Waals surface area (Å²) in [6.07, 6.45) is 1.25. The summed E-state index contributed by atoms with van der Waals surface area (Å²) >= 11 is 0. The number of nitrogens with one attached hydrogen (secondary N) is 1. The van der Waals surface area contributed by atoms with E-state index in [1.807, 2.05) is 0 Å². The van der Waals surface area contributed by atoms with Crippen LogP contribution >= 0.6 is 0 Å². The summed E-state index contributed by atoms with van der Waals surface area (Å²) in [5.41, 5.74) is 0.364. The molecule has 0 atom stereocenters. The maximum atomic E-state index is 3.43. The van der Waals surface area contributed by atoms with Crippen LogP contribution in [0, 0.1) is 5.41 Å². The Morgan fingerprint density at radius 2 is 1.69 bits per heavy atom. The molecule has 0 aliphatic carbocycles. The van der Waals surface area contributed by atoms with Crippen LogP contribution in [-0.4, -0.2) is 63.7 Å². The summed E-state index contributed by atoms with van der Waals surface area (Å²) in [5.74, 6) is 0. The summed E-state index contributed by atoms with van der Waals surface area (Å²) in [6.45, 7) is 12.5. The zero-order chi connectivity index (χ0) is 12.6. The van der Waals surface area contributed by atoms with Crippen molar-refractivity contribution in [1.82, 2.24) is 15.1 Å². The molecule has 0 bridgehead atoms. The lowest BCUT2D eigenvalue weighted by Gasteiger charge is -2.30. The normalized spacial score (nSPS) is 12.8. The second-order valence-corrected chi connectivity index (χ2v) is 5.84. The fraction of sp³-hybridized carbons (Fsp3) is 1.00. The van der Waals surface area contributed by atoms with Crippen LogP contribution in [0.1, 0.15) is 27.2 Å². The molecule has 0 saturated heterocycles. The van der Waals surface area contributed by atoms with E-state index in [1.54, 1.807) is 0 Å². The third-order valence-electron chi connectivity index (χ3n) is 2.70. The smallest absolute Gasteiger partial charge is 0.00418 e. The molecule has 3 heteroatoms. The lowest BCUT2D eigenvalue weighted by molar-refractivity contribution is 0.198. The molecule has 0 aromatic carbocycles. The summed E-state index contributed by atoms with van der Waals surface area (Å²) < 4.78 is 0. The van der Waals surface area contributed by atoms with E-state index in [1.165, 1.54) is 19.5 Å². The fourth-order valence-electron chi connectivity index (χ4n) is 1.99. The molecule has 0 unspecified atom stereocenters. The first-order valence-electron chi connectivity index (χ1n) is 6.41. The van der Waals surface area contributed by atoms with Crippen molar-refractivity contribution in [2.75, 3.05) is 53.9 Å². The van der Waals surface area contributed by atoms with Crippen LogP contribution in [0.4, 0.5) is 0 Å². The Morgan fingerprint density at radius 1 is 1.06 bits per heavy atom. The molecule has 3 nitrogen and oxygen atoms in total. The standard InChI is InChI=1S/C13H31N3/c1-7-14-11-13(2,3)12-16(6)10-8-9-15(4)5/h14H,7-12H2,1-6H3. The molecule has 0 rings (SSSR count). The minimum Gasteiger partial charge on any atom is -0.316 e. The number of hydrogen-bond acceptors (Lipinski definition) is 3. The molecule has 0 saturated carbocycles. The van der Waals surface area contributed by atoms with Crippen molar-refractivity contribution in [1.29, 1.82) is 0 Å². The summed E-state index contributed by atoms with van der Waals surface area (Å²) in [7, 11) is 6.49. The Hall–Kier alpha value is -0.120. The minimum absolute atomic E-state index is 0.364. The van der Waals surface area contributed by atoms with Crippen LogP contribution < -0.4 is 5.32 Å². The van der Waals surface area contributed by atoms with Crippen molar-refractivity contribution in [2.45, 2.75) is 27.2 Å². The van der Waals surface area contributed by atoms with Crippen molar-refractivity contribution in [2.24, 2.45) is 5.41 Å². The SMILES string of the molecule is CCNCC(C)(C)CN(C)CCCN(C)C. The molecule has 1 N–H and O–H groups in total. The topological polar surface area (TPSA) is 18.5 Å². The molecule has 0 aliphatic rings. The highest BCUT2D eigenvalue weighted by atomic mass is 15.1. The predicted molar refractivity (Wildman–Crippen MR) is 73.0 cm³/mol. The van der Waals surface area contributed by atoms with Gasteiger partial charge in [0, 0.05) is 13.1 Å². The Morgan fingerprint density at radius 3 is 2.19 bits per heavy atom. The molecule has 16 heavy (non-hydrogen) atoms. The van der Waals surface area contributed by atoms with Gasteiger partial charge in [-0.25, -0.2) is 0 Å². The third-order valence-corrected chi connectivity index (χ3v) is 2.70. The van der Waals surface area contributed by atoms with Gasteiger partial charge in [-0.15, -0.1) is 0 Å². The van der Waals surface area contributed by atoms with Crippen molar-refractivity contribution >= 4 is 0 Å². The van der Waals surface area contributed by atoms with E-state index in [0.717, 1.165) is 19.6 Å². The van der Waals surface area contributed by atoms with Crippen LogP contribution in [0.2, 0.25) is 0 Å². The van der Waals surface area contributed by atoms with Crippen LogP contribution in [0.5, 0.6) is 0 Å². The average Bonchev–Trinajstić information content (AvgIpc) is 2.13. The molecule has 0 aliphatic heterocycles. The molecule has 0 spiro atoms. The highest BCUT2D eigenvalue weighted by molar-refractivity contribution is 4.74. The monoisotopic (exact) mass is 229 g/mol. The first-order chi connectivity index (χ1) is 7.37. The number of rotatable bonds is 9. The molecule has 0 fully saturated rings. The number of nitrogens with zero attached hydrogens (tertiary/aromatic N) is 2. The molecular weight excluding hydrogens is 198 g/mol. The first-order valence-corrected chi connectivity index (χ1v) is 6.41. The molecule has 0 radical (unpaired) electrons. The molecule has 0 aromatic heterocycles. The van der Waals surface area contributed by atoms with Gasteiger partial charge >= 0.3 is 0 Å². The Labute approximate surface area is 102 Å². The van der Waals surface area contributed by atoms with E-state index in [9.17, 15) is 0 Å². The van der Waals surface area contributed by atoms with Gasteiger partial charge in [0.15, 0.2) is 0 Å². The van der Waals surface area contributed by atoms with Crippen molar-refractivity contribution in [3.8, 4) is 0 Å². The molecule has 0 heterocycles. The lowest BCUT2D eigenvalue weighted by Crippen LogP contribution is -2.39. The van der Waals surface area contributed by atoms with Gasteiger partial charge in [-0.1, -0.05) is 20.8 Å². The van der Waals surface area contributed by atoms with Crippen molar-refractivity contribution < 1.29 is 0 Å². The van der Waals surface area contributed by atoms with E-state index in [0.29, 0.717) is 5.41 Å². The van der Waals surface area contributed by atoms with E-state index >= 15 is 0 Å². The highest BCUT2D eigenvalue weighted by Gasteiger charge is 2.19. The maximum Gasteiger partial charge on any atom is 0.00418 e. The fourth-order valence-corrected chi connectivity index (χ4v) is 1.99. The highest BCUT2D eigenvalue weighted by Crippen LogP contribution is 2.14. The Balaban J connectivity index is 3.71. The Kier molecular flexibility index (Phi) is 7.98. The summed E-state index contributed by atoms with van der Waals surface area (Å²) in [4.78, 5) is 4.69. The molecule has 98 valence electrons. The van der Waals surface area contributed by atoms with Crippen molar-refractivity contribution in [3.05, 3.63) is 0 Å². The average molecular weight is 229 g/mol.